The number of para-hydroxylation sites is 1. The van der Waals surface area contributed by atoms with Crippen LogP contribution in [-0.4, -0.2) is 43.9 Å². The Morgan fingerprint density at radius 3 is 2.79 bits per heavy atom. The maximum Gasteiger partial charge on any atom is 0.260 e. The molecule has 2 aromatic carbocycles. The fourth-order valence-corrected chi connectivity index (χ4v) is 4.44. The first-order chi connectivity index (χ1) is 14.2. The van der Waals surface area contributed by atoms with Gasteiger partial charge in [0, 0.05) is 12.2 Å². The Morgan fingerprint density at radius 2 is 2.10 bits per heavy atom. The molecule has 1 atom stereocenters. The Morgan fingerprint density at radius 1 is 1.28 bits per heavy atom. The van der Waals surface area contributed by atoms with Crippen LogP contribution >= 0.6 is 11.3 Å². The Bertz CT molecular complexity index is 980. The zero-order valence-corrected chi connectivity index (χ0v) is 17.4. The molecule has 2 heterocycles. The number of ether oxygens (including phenoxy) is 3. The lowest BCUT2D eigenvalue weighted by molar-refractivity contribution is 0.0917. The number of hydrogen-bond acceptors (Lipinski definition) is 6. The van der Waals surface area contributed by atoms with Crippen molar-refractivity contribution >= 4 is 32.6 Å². The molecule has 0 radical (unpaired) electrons. The monoisotopic (exact) mass is 412 g/mol. The predicted molar refractivity (Wildman–Crippen MR) is 114 cm³/mol. The van der Waals surface area contributed by atoms with Crippen LogP contribution in [0.1, 0.15) is 30.1 Å². The molecular weight excluding hydrogens is 388 g/mol. The van der Waals surface area contributed by atoms with Crippen LogP contribution in [0.15, 0.2) is 42.5 Å². The summed E-state index contributed by atoms with van der Waals surface area (Å²) in [4.78, 5) is 19.9. The third-order valence-electron chi connectivity index (χ3n) is 4.89. The third-order valence-corrected chi connectivity index (χ3v) is 5.93. The van der Waals surface area contributed by atoms with E-state index in [9.17, 15) is 4.79 Å². The van der Waals surface area contributed by atoms with Gasteiger partial charge in [-0.1, -0.05) is 17.4 Å². The van der Waals surface area contributed by atoms with E-state index in [0.29, 0.717) is 29.6 Å². The first-order valence-corrected chi connectivity index (χ1v) is 10.6. The van der Waals surface area contributed by atoms with E-state index in [0.717, 1.165) is 35.4 Å². The van der Waals surface area contributed by atoms with Gasteiger partial charge in [0.2, 0.25) is 0 Å². The van der Waals surface area contributed by atoms with Crippen LogP contribution < -0.4 is 14.4 Å². The van der Waals surface area contributed by atoms with Crippen LogP contribution in [0.3, 0.4) is 0 Å². The van der Waals surface area contributed by atoms with Gasteiger partial charge in [-0.3, -0.25) is 9.69 Å². The molecule has 7 heteroatoms. The second-order valence-electron chi connectivity index (χ2n) is 6.81. The van der Waals surface area contributed by atoms with Crippen LogP contribution in [0.4, 0.5) is 5.13 Å². The SMILES string of the molecule is CCOc1ccc(C(=O)N(CC2CCCO2)c2nc3c(OC)cccc3s2)cc1. The topological polar surface area (TPSA) is 60.9 Å². The molecule has 0 N–H and O–H groups in total. The van der Waals surface area contributed by atoms with Crippen molar-refractivity contribution in [2.75, 3.05) is 31.8 Å². The van der Waals surface area contributed by atoms with E-state index in [1.165, 1.54) is 11.3 Å². The van der Waals surface area contributed by atoms with Crippen molar-refractivity contribution in [3.8, 4) is 11.5 Å². The van der Waals surface area contributed by atoms with E-state index in [2.05, 4.69) is 0 Å². The summed E-state index contributed by atoms with van der Waals surface area (Å²) in [6.07, 6.45) is 1.99. The Balaban J connectivity index is 1.68. The highest BCUT2D eigenvalue weighted by Crippen LogP contribution is 2.35. The van der Waals surface area contributed by atoms with Crippen molar-refractivity contribution in [3.05, 3.63) is 48.0 Å². The number of benzene rings is 2. The van der Waals surface area contributed by atoms with Crippen LogP contribution in [0, 0.1) is 0 Å². The smallest absolute Gasteiger partial charge is 0.260 e. The van der Waals surface area contributed by atoms with Crippen molar-refractivity contribution in [1.82, 2.24) is 4.98 Å². The molecule has 1 aromatic heterocycles. The molecular formula is C22H24N2O4S. The highest BCUT2D eigenvalue weighted by molar-refractivity contribution is 7.22. The molecule has 152 valence electrons. The summed E-state index contributed by atoms with van der Waals surface area (Å²) in [5.41, 5.74) is 1.37. The van der Waals surface area contributed by atoms with Crippen LogP contribution in [-0.2, 0) is 4.74 Å². The maximum absolute atomic E-state index is 13.4. The van der Waals surface area contributed by atoms with E-state index in [1.54, 1.807) is 24.1 Å². The normalized spacial score (nSPS) is 16.1. The number of thiazole rings is 1. The van der Waals surface area contributed by atoms with E-state index in [1.807, 2.05) is 37.3 Å². The molecule has 4 rings (SSSR count). The molecule has 6 nitrogen and oxygen atoms in total. The van der Waals surface area contributed by atoms with E-state index in [-0.39, 0.29) is 12.0 Å². The summed E-state index contributed by atoms with van der Waals surface area (Å²) in [5.74, 6) is 1.36. The minimum absolute atomic E-state index is 0.0237. The minimum atomic E-state index is -0.0958. The molecule has 0 saturated carbocycles. The molecule has 1 amide bonds. The summed E-state index contributed by atoms with van der Waals surface area (Å²) >= 11 is 1.49. The van der Waals surface area contributed by atoms with Gasteiger partial charge in [-0.15, -0.1) is 0 Å². The summed E-state index contributed by atoms with van der Waals surface area (Å²) < 4.78 is 17.7. The number of hydrogen-bond donors (Lipinski definition) is 0. The summed E-state index contributed by atoms with van der Waals surface area (Å²) in [5, 5.41) is 0.652. The molecule has 1 unspecified atom stereocenters. The van der Waals surface area contributed by atoms with Gasteiger partial charge in [-0.05, 0) is 56.2 Å². The zero-order valence-electron chi connectivity index (χ0n) is 16.6. The number of anilines is 1. The molecule has 1 saturated heterocycles. The van der Waals surface area contributed by atoms with E-state index < -0.39 is 0 Å². The molecule has 0 aliphatic carbocycles. The highest BCUT2D eigenvalue weighted by Gasteiger charge is 2.27. The van der Waals surface area contributed by atoms with Gasteiger partial charge >= 0.3 is 0 Å². The predicted octanol–water partition coefficient (Wildman–Crippen LogP) is 4.53. The second kappa shape index (κ2) is 8.80. The van der Waals surface area contributed by atoms with Gasteiger partial charge in [-0.2, -0.15) is 0 Å². The van der Waals surface area contributed by atoms with Crippen LogP contribution in [0.5, 0.6) is 11.5 Å². The summed E-state index contributed by atoms with van der Waals surface area (Å²) in [6, 6.07) is 13.0. The molecule has 29 heavy (non-hydrogen) atoms. The average molecular weight is 413 g/mol. The molecule has 3 aromatic rings. The molecule has 1 aliphatic heterocycles. The Labute approximate surface area is 174 Å². The number of carbonyl (C=O) groups is 1. The molecule has 0 bridgehead atoms. The number of rotatable bonds is 7. The third kappa shape index (κ3) is 4.21. The lowest BCUT2D eigenvalue weighted by Crippen LogP contribution is -2.37. The van der Waals surface area contributed by atoms with Gasteiger partial charge in [0.15, 0.2) is 5.13 Å². The Hall–Kier alpha value is -2.64. The lowest BCUT2D eigenvalue weighted by atomic mass is 10.1. The first-order valence-electron chi connectivity index (χ1n) is 9.79. The number of nitrogens with zero attached hydrogens (tertiary/aromatic N) is 2. The fourth-order valence-electron chi connectivity index (χ4n) is 3.45. The molecule has 1 aliphatic rings. The van der Waals surface area contributed by atoms with Gasteiger partial charge < -0.3 is 14.2 Å². The molecule has 1 fully saturated rings. The van der Waals surface area contributed by atoms with Crippen molar-refractivity contribution in [2.45, 2.75) is 25.9 Å². The highest BCUT2D eigenvalue weighted by atomic mass is 32.1. The fraction of sp³-hybridized carbons (Fsp3) is 0.364. The summed E-state index contributed by atoms with van der Waals surface area (Å²) in [6.45, 7) is 3.74. The van der Waals surface area contributed by atoms with Gasteiger partial charge in [0.25, 0.3) is 5.91 Å². The van der Waals surface area contributed by atoms with Crippen molar-refractivity contribution in [3.63, 3.8) is 0 Å². The van der Waals surface area contributed by atoms with Gasteiger partial charge in [-0.25, -0.2) is 4.98 Å². The second-order valence-corrected chi connectivity index (χ2v) is 7.82. The number of fused-ring (bicyclic) bond motifs is 1. The van der Waals surface area contributed by atoms with E-state index >= 15 is 0 Å². The number of methoxy groups -OCH3 is 1. The standard InChI is InChI=1S/C22H24N2O4S/c1-3-27-16-11-9-15(10-12-16)21(25)24(14-17-6-5-13-28-17)22-23-20-18(26-2)7-4-8-19(20)29-22/h4,7-12,17H,3,5-6,13-14H2,1-2H3. The van der Waals surface area contributed by atoms with Gasteiger partial charge in [0.05, 0.1) is 31.1 Å². The maximum atomic E-state index is 13.4. The van der Waals surface area contributed by atoms with Crippen LogP contribution in [0.2, 0.25) is 0 Å². The largest absolute Gasteiger partial charge is 0.494 e. The number of amides is 1. The van der Waals surface area contributed by atoms with Gasteiger partial charge in [0.1, 0.15) is 17.0 Å². The summed E-state index contributed by atoms with van der Waals surface area (Å²) in [7, 11) is 1.63. The van der Waals surface area contributed by atoms with E-state index in [4.69, 9.17) is 19.2 Å². The number of aromatic nitrogens is 1. The van der Waals surface area contributed by atoms with Crippen molar-refractivity contribution in [1.29, 1.82) is 0 Å². The van der Waals surface area contributed by atoms with Crippen molar-refractivity contribution in [2.24, 2.45) is 0 Å². The minimum Gasteiger partial charge on any atom is -0.494 e. The van der Waals surface area contributed by atoms with Crippen LogP contribution in [0.25, 0.3) is 10.2 Å². The average Bonchev–Trinajstić information content (AvgIpc) is 3.41. The number of carbonyl (C=O) groups excluding carboxylic acids is 1. The molecule has 0 spiro atoms. The first kappa shape index (κ1) is 19.7. The quantitative estimate of drug-likeness (QED) is 0.571. The Kier molecular flexibility index (Phi) is 5.97. The zero-order chi connectivity index (χ0) is 20.2. The van der Waals surface area contributed by atoms with Crippen molar-refractivity contribution < 1.29 is 19.0 Å². The lowest BCUT2D eigenvalue weighted by Gasteiger charge is -2.23.